The van der Waals surface area contributed by atoms with Crippen LogP contribution in [0.4, 0.5) is 10.9 Å². The number of rotatable bonds is 11. The van der Waals surface area contributed by atoms with Gasteiger partial charge >= 0.3 is 5.97 Å². The van der Waals surface area contributed by atoms with E-state index >= 15 is 0 Å². The topological polar surface area (TPSA) is 87.6 Å². The van der Waals surface area contributed by atoms with Gasteiger partial charge in [-0.15, -0.1) is 22.7 Å². The summed E-state index contributed by atoms with van der Waals surface area (Å²) in [6.45, 7) is 5.63. The summed E-state index contributed by atoms with van der Waals surface area (Å²) in [5.74, 6) is 0.248. The molecule has 10 heteroatoms. The van der Waals surface area contributed by atoms with Gasteiger partial charge in [0, 0.05) is 33.6 Å². The van der Waals surface area contributed by atoms with Crippen LogP contribution >= 0.6 is 34.3 Å². The number of halogens is 1. The van der Waals surface area contributed by atoms with Gasteiger partial charge in [-0.2, -0.15) is 0 Å². The standard InChI is InChI=1S/C27H29ClN4O3S2/c1-16(2)12-23-24(17-7-8-21(20(28)14-17)35-10-9-32(3)4)30-27(37-23)31-25-19(26(33)34)13-18(15-29-25)22-6-5-11-36-22/h5-8,11,13-16H,9-10,12H2,1-4H3,(H,33,34)(H,29,30,31). The Morgan fingerprint density at radius 1 is 1.22 bits per heavy atom. The third-order valence-electron chi connectivity index (χ3n) is 5.44. The summed E-state index contributed by atoms with van der Waals surface area (Å²) in [5, 5.41) is 16.0. The molecule has 0 aliphatic carbocycles. The van der Waals surface area contributed by atoms with E-state index in [0.29, 0.717) is 28.4 Å². The predicted octanol–water partition coefficient (Wildman–Crippen LogP) is 7.17. The first kappa shape index (κ1) is 27.1. The number of thiazole rings is 1. The number of anilines is 2. The minimum Gasteiger partial charge on any atom is -0.491 e. The number of carbonyl (C=O) groups is 1. The lowest BCUT2D eigenvalue weighted by Crippen LogP contribution is -2.19. The largest absolute Gasteiger partial charge is 0.491 e. The Hall–Kier alpha value is -2.98. The monoisotopic (exact) mass is 556 g/mol. The van der Waals surface area contributed by atoms with E-state index in [1.807, 2.05) is 54.7 Å². The van der Waals surface area contributed by atoms with Crippen molar-refractivity contribution in [3.8, 4) is 27.4 Å². The second-order valence-corrected chi connectivity index (χ2v) is 11.7. The van der Waals surface area contributed by atoms with Gasteiger partial charge in [-0.1, -0.05) is 31.5 Å². The molecule has 7 nitrogen and oxygen atoms in total. The summed E-state index contributed by atoms with van der Waals surface area (Å²) in [4.78, 5) is 25.4. The molecule has 0 saturated carbocycles. The normalized spacial score (nSPS) is 11.3. The van der Waals surface area contributed by atoms with E-state index in [2.05, 4.69) is 24.1 Å². The van der Waals surface area contributed by atoms with Crippen molar-refractivity contribution in [2.75, 3.05) is 32.6 Å². The van der Waals surface area contributed by atoms with E-state index in [1.54, 1.807) is 12.3 Å². The van der Waals surface area contributed by atoms with Gasteiger partial charge in [0.2, 0.25) is 0 Å². The zero-order valence-corrected chi connectivity index (χ0v) is 23.5. The van der Waals surface area contributed by atoms with E-state index in [-0.39, 0.29) is 11.4 Å². The molecule has 0 aliphatic rings. The highest BCUT2D eigenvalue weighted by Crippen LogP contribution is 2.38. The average molecular weight is 557 g/mol. The smallest absolute Gasteiger partial charge is 0.339 e. The highest BCUT2D eigenvalue weighted by Gasteiger charge is 2.19. The third kappa shape index (κ3) is 6.87. The fraction of sp³-hybridized carbons (Fsp3) is 0.296. The van der Waals surface area contributed by atoms with E-state index in [1.165, 1.54) is 22.7 Å². The Morgan fingerprint density at radius 3 is 2.68 bits per heavy atom. The summed E-state index contributed by atoms with van der Waals surface area (Å²) in [5.41, 5.74) is 2.55. The highest BCUT2D eigenvalue weighted by molar-refractivity contribution is 7.16. The Kier molecular flexibility index (Phi) is 8.81. The molecule has 0 bridgehead atoms. The Labute approximate surface area is 229 Å². The van der Waals surface area contributed by atoms with Gasteiger partial charge in [-0.05, 0) is 62.1 Å². The van der Waals surface area contributed by atoms with Gasteiger partial charge in [0.25, 0.3) is 0 Å². The van der Waals surface area contributed by atoms with E-state index in [9.17, 15) is 9.90 Å². The zero-order valence-electron chi connectivity index (χ0n) is 21.1. The van der Waals surface area contributed by atoms with E-state index in [0.717, 1.165) is 39.5 Å². The number of nitrogens with one attached hydrogen (secondary N) is 1. The van der Waals surface area contributed by atoms with Crippen molar-refractivity contribution in [3.05, 3.63) is 63.4 Å². The lowest BCUT2D eigenvalue weighted by atomic mass is 10.0. The van der Waals surface area contributed by atoms with Crippen molar-refractivity contribution in [2.24, 2.45) is 5.92 Å². The number of thiophene rings is 1. The zero-order chi connectivity index (χ0) is 26.5. The van der Waals surface area contributed by atoms with Gasteiger partial charge in [0.1, 0.15) is 23.7 Å². The molecule has 0 spiro atoms. The maximum absolute atomic E-state index is 12.0. The van der Waals surface area contributed by atoms with Crippen LogP contribution in [0.5, 0.6) is 5.75 Å². The second kappa shape index (κ2) is 12.0. The first-order chi connectivity index (χ1) is 17.7. The van der Waals surface area contributed by atoms with Crippen LogP contribution in [-0.4, -0.2) is 53.2 Å². The molecule has 3 aromatic heterocycles. The fourth-order valence-corrected chi connectivity index (χ4v) is 5.79. The van der Waals surface area contributed by atoms with Crippen LogP contribution in [0.3, 0.4) is 0 Å². The number of hydrogen-bond acceptors (Lipinski definition) is 8. The van der Waals surface area contributed by atoms with Crippen LogP contribution in [0, 0.1) is 5.92 Å². The maximum atomic E-state index is 12.0. The highest BCUT2D eigenvalue weighted by atomic mass is 35.5. The van der Waals surface area contributed by atoms with Crippen LogP contribution in [0.2, 0.25) is 5.02 Å². The van der Waals surface area contributed by atoms with Gasteiger partial charge in [-0.3, -0.25) is 0 Å². The molecule has 3 heterocycles. The number of nitrogens with zero attached hydrogens (tertiary/aromatic N) is 3. The summed E-state index contributed by atoms with van der Waals surface area (Å²) in [6, 6.07) is 11.2. The van der Waals surface area contributed by atoms with Crippen molar-refractivity contribution >= 4 is 51.2 Å². The average Bonchev–Trinajstić information content (AvgIpc) is 3.50. The van der Waals surface area contributed by atoms with Crippen molar-refractivity contribution < 1.29 is 14.6 Å². The Bertz CT molecular complexity index is 1370. The summed E-state index contributed by atoms with van der Waals surface area (Å²) >= 11 is 9.58. The van der Waals surface area contributed by atoms with Crippen LogP contribution in [0.25, 0.3) is 21.7 Å². The third-order valence-corrected chi connectivity index (χ3v) is 7.65. The SMILES string of the molecule is CC(C)Cc1sc(Nc2ncc(-c3cccs3)cc2C(=O)O)nc1-c1ccc(OCCN(C)C)c(Cl)c1. The number of ether oxygens (including phenoxy) is 1. The molecule has 0 radical (unpaired) electrons. The number of pyridine rings is 1. The summed E-state index contributed by atoms with van der Waals surface area (Å²) in [7, 11) is 3.98. The molecule has 0 aliphatic heterocycles. The number of hydrogen-bond donors (Lipinski definition) is 2. The fourth-order valence-electron chi connectivity index (χ4n) is 3.65. The molecule has 0 atom stereocenters. The lowest BCUT2D eigenvalue weighted by molar-refractivity contribution is 0.0697. The van der Waals surface area contributed by atoms with Gasteiger partial charge in [0.05, 0.1) is 10.7 Å². The quantitative estimate of drug-likeness (QED) is 0.202. The first-order valence-electron chi connectivity index (χ1n) is 11.8. The van der Waals surface area contributed by atoms with Crippen LogP contribution < -0.4 is 10.1 Å². The molecule has 0 fully saturated rings. The lowest BCUT2D eigenvalue weighted by Gasteiger charge is -2.13. The molecule has 37 heavy (non-hydrogen) atoms. The van der Waals surface area contributed by atoms with Crippen LogP contribution in [0.1, 0.15) is 29.1 Å². The number of benzene rings is 1. The number of carboxylic acids is 1. The maximum Gasteiger partial charge on any atom is 0.339 e. The molecule has 0 unspecified atom stereocenters. The Balaban J connectivity index is 1.63. The van der Waals surface area contributed by atoms with Crippen molar-refractivity contribution in [1.29, 1.82) is 0 Å². The number of aromatic carboxylic acids is 1. The van der Waals surface area contributed by atoms with Crippen molar-refractivity contribution in [2.45, 2.75) is 20.3 Å². The van der Waals surface area contributed by atoms with E-state index in [4.69, 9.17) is 21.3 Å². The number of likely N-dealkylation sites (N-methyl/N-ethyl adjacent to an activating group) is 1. The molecular weight excluding hydrogens is 528 g/mol. The van der Waals surface area contributed by atoms with Gasteiger partial charge < -0.3 is 20.1 Å². The van der Waals surface area contributed by atoms with Gasteiger partial charge in [0.15, 0.2) is 5.13 Å². The minimum absolute atomic E-state index is 0.0929. The molecule has 2 N–H and O–H groups in total. The first-order valence-corrected chi connectivity index (χ1v) is 13.9. The number of aromatic nitrogens is 2. The second-order valence-electron chi connectivity index (χ2n) is 9.21. The van der Waals surface area contributed by atoms with Crippen molar-refractivity contribution in [3.63, 3.8) is 0 Å². The summed E-state index contributed by atoms with van der Waals surface area (Å²) in [6.07, 6.45) is 2.50. The molecule has 4 aromatic rings. The van der Waals surface area contributed by atoms with E-state index < -0.39 is 5.97 Å². The van der Waals surface area contributed by atoms with Crippen LogP contribution in [-0.2, 0) is 6.42 Å². The molecular formula is C27H29ClN4O3S2. The molecule has 194 valence electrons. The van der Waals surface area contributed by atoms with Crippen molar-refractivity contribution in [1.82, 2.24) is 14.9 Å². The minimum atomic E-state index is -1.05. The van der Waals surface area contributed by atoms with Crippen LogP contribution in [0.15, 0.2) is 48.0 Å². The molecule has 0 saturated heterocycles. The molecule has 0 amide bonds. The Morgan fingerprint density at radius 2 is 2.03 bits per heavy atom. The summed E-state index contributed by atoms with van der Waals surface area (Å²) < 4.78 is 5.82. The number of carboxylic acid groups (broad SMARTS) is 1. The predicted molar refractivity (Wildman–Crippen MR) is 153 cm³/mol. The van der Waals surface area contributed by atoms with Gasteiger partial charge in [-0.25, -0.2) is 14.8 Å². The molecule has 4 rings (SSSR count). The molecule has 1 aromatic carbocycles.